The molecule has 14 heteroatoms. The van der Waals surface area contributed by atoms with Gasteiger partial charge in [0, 0.05) is 29.8 Å². The second kappa shape index (κ2) is 12.4. The molecule has 1 unspecified atom stereocenters. The van der Waals surface area contributed by atoms with Gasteiger partial charge in [-0.15, -0.1) is 0 Å². The number of nitrogens with two attached hydrogens (primary N) is 1. The van der Waals surface area contributed by atoms with Crippen molar-refractivity contribution in [2.75, 3.05) is 19.7 Å². The van der Waals surface area contributed by atoms with E-state index < -0.39 is 77.6 Å². The fourth-order valence-corrected chi connectivity index (χ4v) is 5.26. The van der Waals surface area contributed by atoms with Crippen LogP contribution in [0.5, 0.6) is 0 Å². The Balaban J connectivity index is 1.67. The maximum absolute atomic E-state index is 14.7. The number of carbonyl (C=O) groups excluding carboxylic acids is 3. The topological polar surface area (TPSA) is 117 Å². The molecule has 0 spiro atoms. The summed E-state index contributed by atoms with van der Waals surface area (Å²) in [6.45, 7) is -1.94. The SMILES string of the molecule is NC(=O)CN(CC1CCCO1)C(=O)Cn1c(=O)n(Cc2c(F)c(F)c(F)c(F)c2F)c2cccc(C(=O)c3ccccc3)c21. The number of nitrogens with zero attached hydrogens (tertiary/aromatic N) is 3. The Morgan fingerprint density at radius 3 is 2.16 bits per heavy atom. The molecule has 5 rings (SSSR count). The lowest BCUT2D eigenvalue weighted by Gasteiger charge is -2.24. The van der Waals surface area contributed by atoms with Gasteiger partial charge >= 0.3 is 5.69 Å². The van der Waals surface area contributed by atoms with Gasteiger partial charge in [-0.1, -0.05) is 36.4 Å². The minimum absolute atomic E-state index is 0.0183. The summed E-state index contributed by atoms with van der Waals surface area (Å²) in [5.41, 5.74) is 2.88. The van der Waals surface area contributed by atoms with Crippen LogP contribution < -0.4 is 11.4 Å². The molecule has 0 radical (unpaired) electrons. The van der Waals surface area contributed by atoms with Crippen LogP contribution in [0.15, 0.2) is 53.3 Å². The van der Waals surface area contributed by atoms with Gasteiger partial charge in [-0.05, 0) is 25.0 Å². The van der Waals surface area contributed by atoms with Crippen molar-refractivity contribution in [3.05, 3.63) is 105 Å². The van der Waals surface area contributed by atoms with Crippen molar-refractivity contribution in [1.82, 2.24) is 14.0 Å². The van der Waals surface area contributed by atoms with Gasteiger partial charge in [0.1, 0.15) is 6.54 Å². The van der Waals surface area contributed by atoms with Gasteiger partial charge in [0.05, 0.1) is 30.2 Å². The van der Waals surface area contributed by atoms with E-state index in [4.69, 9.17) is 10.5 Å². The third kappa shape index (κ3) is 5.72. The average Bonchev–Trinajstić information content (AvgIpc) is 3.62. The number of carbonyl (C=O) groups is 3. The normalized spacial score (nSPS) is 14.7. The number of halogens is 5. The van der Waals surface area contributed by atoms with Crippen LogP contribution in [-0.4, -0.2) is 57.4 Å². The van der Waals surface area contributed by atoms with Crippen LogP contribution in [0.4, 0.5) is 22.0 Å². The number of hydrogen-bond acceptors (Lipinski definition) is 5. The quantitative estimate of drug-likeness (QED) is 0.127. The fourth-order valence-electron chi connectivity index (χ4n) is 5.26. The van der Waals surface area contributed by atoms with Crippen molar-refractivity contribution in [3.8, 4) is 0 Å². The molecule has 2 heterocycles. The zero-order valence-corrected chi connectivity index (χ0v) is 23.0. The van der Waals surface area contributed by atoms with E-state index in [9.17, 15) is 41.1 Å². The van der Waals surface area contributed by atoms with E-state index in [0.29, 0.717) is 17.6 Å². The summed E-state index contributed by atoms with van der Waals surface area (Å²) < 4.78 is 78.2. The molecule has 3 aromatic carbocycles. The summed E-state index contributed by atoms with van der Waals surface area (Å²) >= 11 is 0. The van der Waals surface area contributed by atoms with E-state index in [1.807, 2.05) is 0 Å². The standard InChI is InChI=1S/C30H25F5N4O5/c31-23-19(24(32)26(34)27(35)25(23)33)13-38-20-10-4-9-18(29(42)16-6-2-1-3-7-16)28(20)39(30(38)43)15-22(41)37(14-21(36)40)12-17-8-5-11-44-17/h1-4,6-7,9-10,17H,5,8,11-15H2,(H2,36,40). The molecule has 44 heavy (non-hydrogen) atoms. The molecule has 230 valence electrons. The van der Waals surface area contributed by atoms with Gasteiger partial charge in [-0.3, -0.25) is 23.5 Å². The van der Waals surface area contributed by atoms with Gasteiger partial charge in [0.25, 0.3) is 0 Å². The zero-order chi connectivity index (χ0) is 31.7. The maximum Gasteiger partial charge on any atom is 0.329 e. The molecule has 1 aromatic heterocycles. The van der Waals surface area contributed by atoms with Gasteiger partial charge in [-0.2, -0.15) is 0 Å². The summed E-state index contributed by atoms with van der Waals surface area (Å²) in [5, 5.41) is 0. The van der Waals surface area contributed by atoms with E-state index in [1.54, 1.807) is 18.2 Å². The van der Waals surface area contributed by atoms with Gasteiger partial charge in [0.15, 0.2) is 29.1 Å². The summed E-state index contributed by atoms with van der Waals surface area (Å²) in [4.78, 5) is 53.8. The lowest BCUT2D eigenvalue weighted by Crippen LogP contribution is -2.45. The number of benzene rings is 3. The van der Waals surface area contributed by atoms with Crippen LogP contribution in [0.25, 0.3) is 11.0 Å². The first-order valence-electron chi connectivity index (χ1n) is 13.5. The fraction of sp³-hybridized carbons (Fsp3) is 0.267. The molecule has 9 nitrogen and oxygen atoms in total. The Hall–Kier alpha value is -4.85. The highest BCUT2D eigenvalue weighted by molar-refractivity contribution is 6.15. The second-order valence-electron chi connectivity index (χ2n) is 10.2. The number of aromatic nitrogens is 2. The number of primary amides is 1. The van der Waals surface area contributed by atoms with Crippen molar-refractivity contribution in [2.24, 2.45) is 5.73 Å². The lowest BCUT2D eigenvalue weighted by atomic mass is 10.0. The predicted molar refractivity (Wildman–Crippen MR) is 146 cm³/mol. The van der Waals surface area contributed by atoms with E-state index >= 15 is 0 Å². The molecule has 0 aliphatic carbocycles. The van der Waals surface area contributed by atoms with Crippen molar-refractivity contribution >= 4 is 28.6 Å². The van der Waals surface area contributed by atoms with Crippen LogP contribution >= 0.6 is 0 Å². The summed E-state index contributed by atoms with van der Waals surface area (Å²) in [7, 11) is 0. The van der Waals surface area contributed by atoms with E-state index in [1.165, 1.54) is 30.3 Å². The smallest absolute Gasteiger partial charge is 0.329 e. The first kappa shape index (κ1) is 30.6. The highest BCUT2D eigenvalue weighted by Crippen LogP contribution is 2.27. The molecule has 1 saturated heterocycles. The number of hydrogen-bond donors (Lipinski definition) is 1. The third-order valence-corrected chi connectivity index (χ3v) is 7.38. The first-order chi connectivity index (χ1) is 21.0. The largest absolute Gasteiger partial charge is 0.376 e. The van der Waals surface area contributed by atoms with Gasteiger partial charge < -0.3 is 15.4 Å². The predicted octanol–water partition coefficient (Wildman–Crippen LogP) is 3.27. The molecule has 0 saturated carbocycles. The van der Waals surface area contributed by atoms with Crippen LogP contribution in [-0.2, 0) is 27.4 Å². The molecule has 4 aromatic rings. The number of para-hydroxylation sites is 1. The molecule has 0 bridgehead atoms. The molecule has 1 aliphatic heterocycles. The van der Waals surface area contributed by atoms with Crippen molar-refractivity contribution in [3.63, 3.8) is 0 Å². The third-order valence-electron chi connectivity index (χ3n) is 7.38. The monoisotopic (exact) mass is 616 g/mol. The molecule has 1 atom stereocenters. The zero-order valence-electron chi connectivity index (χ0n) is 23.0. The van der Waals surface area contributed by atoms with Crippen molar-refractivity contribution < 1.29 is 41.1 Å². The van der Waals surface area contributed by atoms with Crippen molar-refractivity contribution in [2.45, 2.75) is 32.0 Å². The Bertz CT molecular complexity index is 1800. The Morgan fingerprint density at radius 2 is 1.55 bits per heavy atom. The molecule has 2 amide bonds. The minimum atomic E-state index is -2.36. The number of ketones is 1. The number of fused-ring (bicyclic) bond motifs is 1. The number of ether oxygens (including phenoxy) is 1. The first-order valence-corrected chi connectivity index (χ1v) is 13.5. The number of rotatable bonds is 10. The Morgan fingerprint density at radius 1 is 0.886 bits per heavy atom. The van der Waals surface area contributed by atoms with Crippen molar-refractivity contribution in [1.29, 1.82) is 0 Å². The molecule has 1 aliphatic rings. The van der Waals surface area contributed by atoms with Crippen LogP contribution in [0.1, 0.15) is 34.3 Å². The summed E-state index contributed by atoms with van der Waals surface area (Å²) in [6.07, 6.45) is 0.957. The lowest BCUT2D eigenvalue weighted by molar-refractivity contribution is -0.137. The Kier molecular flexibility index (Phi) is 8.63. The van der Waals surface area contributed by atoms with Gasteiger partial charge in [-0.25, -0.2) is 26.7 Å². The number of amides is 2. The second-order valence-corrected chi connectivity index (χ2v) is 10.2. The van der Waals surface area contributed by atoms with Gasteiger partial charge in [0.2, 0.25) is 17.6 Å². The van der Waals surface area contributed by atoms with E-state index in [2.05, 4.69) is 0 Å². The number of imidazole rings is 1. The molecular formula is C30H25F5N4O5. The molecular weight excluding hydrogens is 591 g/mol. The summed E-state index contributed by atoms with van der Waals surface area (Å²) in [5.74, 6) is -13.2. The highest BCUT2D eigenvalue weighted by atomic mass is 19.2. The average molecular weight is 617 g/mol. The molecule has 2 N–H and O–H groups in total. The van der Waals surface area contributed by atoms with E-state index in [-0.39, 0.29) is 34.8 Å². The highest BCUT2D eigenvalue weighted by Gasteiger charge is 2.30. The van der Waals surface area contributed by atoms with Crippen LogP contribution in [0, 0.1) is 29.1 Å². The Labute approximate surface area is 246 Å². The molecule has 1 fully saturated rings. The van der Waals surface area contributed by atoms with Crippen LogP contribution in [0.3, 0.4) is 0 Å². The van der Waals surface area contributed by atoms with E-state index in [0.717, 1.165) is 15.9 Å². The minimum Gasteiger partial charge on any atom is -0.376 e. The maximum atomic E-state index is 14.7. The van der Waals surface area contributed by atoms with Crippen LogP contribution in [0.2, 0.25) is 0 Å². The summed E-state index contributed by atoms with van der Waals surface area (Å²) in [6, 6.07) is 11.9.